The number of aryl methyl sites for hydroxylation is 2. The number of aromatic nitrogens is 2. The summed E-state index contributed by atoms with van der Waals surface area (Å²) in [5.41, 5.74) is 3.64. The molecule has 22 heavy (non-hydrogen) atoms. The second-order valence-corrected chi connectivity index (χ2v) is 6.09. The van der Waals surface area contributed by atoms with Crippen molar-refractivity contribution in [2.45, 2.75) is 26.0 Å². The summed E-state index contributed by atoms with van der Waals surface area (Å²) >= 11 is 0. The van der Waals surface area contributed by atoms with Crippen molar-refractivity contribution < 1.29 is 4.74 Å². The lowest BCUT2D eigenvalue weighted by Gasteiger charge is -2.16. The van der Waals surface area contributed by atoms with Gasteiger partial charge in [0.05, 0.1) is 5.69 Å². The Morgan fingerprint density at radius 1 is 1.36 bits per heavy atom. The van der Waals surface area contributed by atoms with Gasteiger partial charge in [0, 0.05) is 46.2 Å². The summed E-state index contributed by atoms with van der Waals surface area (Å²) < 4.78 is 7.90. The maximum absolute atomic E-state index is 5.96. The maximum Gasteiger partial charge on any atom is 0.130 e. The van der Waals surface area contributed by atoms with Crippen LogP contribution in [0.1, 0.15) is 16.8 Å². The van der Waals surface area contributed by atoms with Gasteiger partial charge in [0.2, 0.25) is 0 Å². The minimum absolute atomic E-state index is 0.220. The van der Waals surface area contributed by atoms with E-state index in [1.807, 2.05) is 23.9 Å². The largest absolute Gasteiger partial charge is 0.488 e. The van der Waals surface area contributed by atoms with Crippen LogP contribution in [-0.2, 0) is 20.0 Å². The number of fused-ring (bicyclic) bond motifs is 1. The molecule has 118 valence electrons. The third-order valence-corrected chi connectivity index (χ3v) is 4.12. The Balaban J connectivity index is 1.59. The normalized spacial score (nSPS) is 16.5. The summed E-state index contributed by atoms with van der Waals surface area (Å²) in [6.07, 6.45) is 1.20. The van der Waals surface area contributed by atoms with Gasteiger partial charge >= 0.3 is 0 Å². The molecule has 1 aliphatic rings. The van der Waals surface area contributed by atoms with Crippen LogP contribution in [0, 0.1) is 6.92 Å². The van der Waals surface area contributed by atoms with E-state index in [1.165, 1.54) is 11.1 Å². The molecule has 0 spiro atoms. The number of anilines is 1. The highest BCUT2D eigenvalue weighted by atomic mass is 16.5. The van der Waals surface area contributed by atoms with Crippen LogP contribution in [0.3, 0.4) is 0 Å². The van der Waals surface area contributed by atoms with Gasteiger partial charge in [-0.15, -0.1) is 0 Å². The number of rotatable bonds is 5. The van der Waals surface area contributed by atoms with Crippen molar-refractivity contribution in [1.29, 1.82) is 0 Å². The predicted octanol–water partition coefficient (Wildman–Crippen LogP) is 1.89. The molecule has 1 aromatic heterocycles. The molecule has 0 aliphatic carbocycles. The standard InChI is InChI=1S/C17H24N4O/c1-12-15(17(20(2)3)21(4)19-12)11-18-10-14-9-13-7-5-6-8-16(13)22-14/h5-8,14,18H,9-11H2,1-4H3. The van der Waals surface area contributed by atoms with Gasteiger partial charge in [-0.25, -0.2) is 0 Å². The number of ether oxygens (including phenoxy) is 1. The fraction of sp³-hybridized carbons (Fsp3) is 0.471. The first-order valence-electron chi connectivity index (χ1n) is 7.71. The van der Waals surface area contributed by atoms with E-state index in [0.29, 0.717) is 0 Å². The van der Waals surface area contributed by atoms with E-state index in [-0.39, 0.29) is 6.10 Å². The summed E-state index contributed by atoms with van der Waals surface area (Å²) in [6, 6.07) is 8.28. The lowest BCUT2D eigenvalue weighted by atomic mass is 10.1. The Labute approximate surface area is 131 Å². The van der Waals surface area contributed by atoms with E-state index in [1.54, 1.807) is 0 Å². The Morgan fingerprint density at radius 3 is 2.86 bits per heavy atom. The zero-order chi connectivity index (χ0) is 15.7. The smallest absolute Gasteiger partial charge is 0.130 e. The molecule has 2 aromatic rings. The van der Waals surface area contributed by atoms with Crippen molar-refractivity contribution in [2.75, 3.05) is 25.5 Å². The van der Waals surface area contributed by atoms with Gasteiger partial charge in [0.1, 0.15) is 17.7 Å². The average Bonchev–Trinajstić information content (AvgIpc) is 2.99. The second-order valence-electron chi connectivity index (χ2n) is 6.09. The Hall–Kier alpha value is -2.01. The lowest BCUT2D eigenvalue weighted by molar-refractivity contribution is 0.227. The monoisotopic (exact) mass is 300 g/mol. The Bertz CT molecular complexity index is 638. The van der Waals surface area contributed by atoms with Gasteiger partial charge < -0.3 is 15.0 Å². The van der Waals surface area contributed by atoms with Gasteiger partial charge in [-0.05, 0) is 18.6 Å². The number of benzene rings is 1. The molecule has 0 fully saturated rings. The zero-order valence-electron chi connectivity index (χ0n) is 13.8. The van der Waals surface area contributed by atoms with Crippen molar-refractivity contribution >= 4 is 5.82 Å². The summed E-state index contributed by atoms with van der Waals surface area (Å²) in [5, 5.41) is 8.04. The molecule has 0 saturated heterocycles. The van der Waals surface area contributed by atoms with Gasteiger partial charge in [-0.3, -0.25) is 4.68 Å². The molecule has 2 heterocycles. The first kappa shape index (κ1) is 14.9. The van der Waals surface area contributed by atoms with Crippen LogP contribution in [0.25, 0.3) is 0 Å². The Kier molecular flexibility index (Phi) is 4.07. The van der Waals surface area contributed by atoms with E-state index >= 15 is 0 Å². The fourth-order valence-electron chi connectivity index (χ4n) is 3.18. The first-order chi connectivity index (χ1) is 10.6. The molecular formula is C17H24N4O. The van der Waals surface area contributed by atoms with Gasteiger partial charge in [0.15, 0.2) is 0 Å². The maximum atomic E-state index is 5.96. The minimum Gasteiger partial charge on any atom is -0.488 e. The molecule has 5 nitrogen and oxygen atoms in total. The third-order valence-electron chi connectivity index (χ3n) is 4.12. The van der Waals surface area contributed by atoms with E-state index in [0.717, 1.165) is 36.8 Å². The third kappa shape index (κ3) is 2.81. The number of hydrogen-bond acceptors (Lipinski definition) is 4. The molecular weight excluding hydrogens is 276 g/mol. The Morgan fingerprint density at radius 2 is 2.14 bits per heavy atom. The lowest BCUT2D eigenvalue weighted by Crippen LogP contribution is -2.30. The van der Waals surface area contributed by atoms with Crippen molar-refractivity contribution in [1.82, 2.24) is 15.1 Å². The fourth-order valence-corrected chi connectivity index (χ4v) is 3.18. The highest BCUT2D eigenvalue weighted by Crippen LogP contribution is 2.28. The van der Waals surface area contributed by atoms with E-state index in [9.17, 15) is 0 Å². The number of para-hydroxylation sites is 1. The van der Waals surface area contributed by atoms with Crippen LogP contribution >= 0.6 is 0 Å². The molecule has 0 radical (unpaired) electrons. The molecule has 0 saturated carbocycles. The minimum atomic E-state index is 0.220. The van der Waals surface area contributed by atoms with Crippen LogP contribution < -0.4 is 15.0 Å². The molecule has 1 atom stereocenters. The van der Waals surface area contributed by atoms with Gasteiger partial charge in [0.25, 0.3) is 0 Å². The van der Waals surface area contributed by atoms with Gasteiger partial charge in [-0.2, -0.15) is 5.10 Å². The average molecular weight is 300 g/mol. The van der Waals surface area contributed by atoms with Crippen molar-refractivity contribution in [3.8, 4) is 5.75 Å². The predicted molar refractivity (Wildman–Crippen MR) is 88.5 cm³/mol. The topological polar surface area (TPSA) is 42.3 Å². The molecule has 1 aliphatic heterocycles. The zero-order valence-corrected chi connectivity index (χ0v) is 13.8. The van der Waals surface area contributed by atoms with E-state index < -0.39 is 0 Å². The van der Waals surface area contributed by atoms with Crippen LogP contribution in [0.4, 0.5) is 5.82 Å². The molecule has 5 heteroatoms. The molecule has 0 bridgehead atoms. The molecule has 1 aromatic carbocycles. The highest BCUT2D eigenvalue weighted by molar-refractivity contribution is 5.48. The SMILES string of the molecule is Cc1nn(C)c(N(C)C)c1CNCC1Cc2ccccc2O1. The second kappa shape index (κ2) is 6.01. The summed E-state index contributed by atoms with van der Waals surface area (Å²) in [6.45, 7) is 3.71. The first-order valence-corrected chi connectivity index (χ1v) is 7.71. The quantitative estimate of drug-likeness (QED) is 0.915. The van der Waals surface area contributed by atoms with Gasteiger partial charge in [-0.1, -0.05) is 18.2 Å². The van der Waals surface area contributed by atoms with Crippen molar-refractivity contribution in [2.24, 2.45) is 7.05 Å². The van der Waals surface area contributed by atoms with Crippen molar-refractivity contribution in [3.05, 3.63) is 41.1 Å². The van der Waals surface area contributed by atoms with E-state index in [4.69, 9.17) is 4.74 Å². The van der Waals surface area contributed by atoms with E-state index in [2.05, 4.69) is 48.5 Å². The molecule has 1 N–H and O–H groups in total. The van der Waals surface area contributed by atoms with Crippen LogP contribution in [0.15, 0.2) is 24.3 Å². The molecule has 0 amide bonds. The van der Waals surface area contributed by atoms with Crippen LogP contribution in [-0.4, -0.2) is 36.5 Å². The number of nitrogens with one attached hydrogen (secondary N) is 1. The molecule has 3 rings (SSSR count). The molecule has 1 unspecified atom stereocenters. The van der Waals surface area contributed by atoms with Crippen LogP contribution in [0.2, 0.25) is 0 Å². The summed E-state index contributed by atoms with van der Waals surface area (Å²) in [4.78, 5) is 2.11. The highest BCUT2D eigenvalue weighted by Gasteiger charge is 2.22. The van der Waals surface area contributed by atoms with Crippen LogP contribution in [0.5, 0.6) is 5.75 Å². The number of nitrogens with zero attached hydrogens (tertiary/aromatic N) is 3. The number of hydrogen-bond donors (Lipinski definition) is 1. The summed E-state index contributed by atoms with van der Waals surface area (Å²) in [7, 11) is 6.09. The van der Waals surface area contributed by atoms with Crippen molar-refractivity contribution in [3.63, 3.8) is 0 Å². The summed E-state index contributed by atoms with van der Waals surface area (Å²) in [5.74, 6) is 2.18.